The first-order valence-electron chi connectivity index (χ1n) is 4.69. The van der Waals surface area contributed by atoms with E-state index in [0.29, 0.717) is 0 Å². The predicted molar refractivity (Wildman–Crippen MR) is 54.9 cm³/mol. The summed E-state index contributed by atoms with van der Waals surface area (Å²) in [6.45, 7) is 1.56. The number of hydrogen-bond donors (Lipinski definition) is 2. The highest BCUT2D eigenvalue weighted by molar-refractivity contribution is 5.83. The molecule has 0 saturated carbocycles. The second-order valence-corrected chi connectivity index (χ2v) is 3.26. The van der Waals surface area contributed by atoms with Crippen molar-refractivity contribution in [2.45, 2.75) is 19.4 Å². The molecule has 2 N–H and O–H groups in total. The van der Waals surface area contributed by atoms with Crippen LogP contribution in [0.3, 0.4) is 0 Å². The molecule has 0 heterocycles. The summed E-state index contributed by atoms with van der Waals surface area (Å²) in [5.74, 6) is -1.54. The Bertz CT molecular complexity index is 279. The monoisotopic (exact) mass is 232 g/mol. The Morgan fingerprint density at radius 1 is 1.44 bits per heavy atom. The van der Waals surface area contributed by atoms with Gasteiger partial charge in [0, 0.05) is 13.6 Å². The molecule has 0 fully saturated rings. The number of urea groups is 1. The lowest BCUT2D eigenvalue weighted by molar-refractivity contribution is -0.142. The van der Waals surface area contributed by atoms with Gasteiger partial charge in [0.1, 0.15) is 6.04 Å². The number of methoxy groups -OCH3 is 1. The van der Waals surface area contributed by atoms with E-state index in [2.05, 4.69) is 10.1 Å². The fourth-order valence-corrected chi connectivity index (χ4v) is 0.896. The summed E-state index contributed by atoms with van der Waals surface area (Å²) in [7, 11) is 2.67. The Kier molecular flexibility index (Phi) is 5.91. The number of nitrogens with zero attached hydrogens (tertiary/aromatic N) is 1. The van der Waals surface area contributed by atoms with E-state index in [4.69, 9.17) is 5.11 Å². The number of hydrogen-bond acceptors (Lipinski definition) is 4. The molecule has 0 rings (SSSR count). The number of carboxylic acid groups (broad SMARTS) is 1. The van der Waals surface area contributed by atoms with Crippen LogP contribution in [0.1, 0.15) is 13.3 Å². The summed E-state index contributed by atoms with van der Waals surface area (Å²) in [6.07, 6.45) is -0.142. The van der Waals surface area contributed by atoms with Crippen LogP contribution in [0.25, 0.3) is 0 Å². The van der Waals surface area contributed by atoms with Gasteiger partial charge >= 0.3 is 18.0 Å². The van der Waals surface area contributed by atoms with Crippen molar-refractivity contribution >= 4 is 18.0 Å². The van der Waals surface area contributed by atoms with Crippen LogP contribution < -0.4 is 5.32 Å². The van der Waals surface area contributed by atoms with Gasteiger partial charge in [-0.2, -0.15) is 0 Å². The van der Waals surface area contributed by atoms with Gasteiger partial charge in [0.25, 0.3) is 0 Å². The molecule has 1 atom stereocenters. The lowest BCUT2D eigenvalue weighted by Gasteiger charge is -2.19. The summed E-state index contributed by atoms with van der Waals surface area (Å²) in [6, 6.07) is -1.27. The van der Waals surface area contributed by atoms with E-state index in [9.17, 15) is 14.4 Å². The molecule has 0 aromatic carbocycles. The topological polar surface area (TPSA) is 95.9 Å². The average Bonchev–Trinajstić information content (AvgIpc) is 2.24. The van der Waals surface area contributed by atoms with Crippen molar-refractivity contribution in [1.82, 2.24) is 10.2 Å². The molecule has 0 radical (unpaired) electrons. The Hall–Kier alpha value is -1.79. The van der Waals surface area contributed by atoms with E-state index in [1.165, 1.54) is 26.0 Å². The van der Waals surface area contributed by atoms with Crippen LogP contribution in [0.15, 0.2) is 0 Å². The molecular formula is C9H16N2O5. The maximum Gasteiger partial charge on any atom is 0.328 e. The predicted octanol–water partition coefficient (Wildman–Crippen LogP) is -0.336. The van der Waals surface area contributed by atoms with Crippen LogP contribution in [0, 0.1) is 0 Å². The van der Waals surface area contributed by atoms with E-state index in [-0.39, 0.29) is 13.0 Å². The fourth-order valence-electron chi connectivity index (χ4n) is 0.896. The zero-order chi connectivity index (χ0) is 12.7. The molecule has 16 heavy (non-hydrogen) atoms. The van der Waals surface area contributed by atoms with Crippen molar-refractivity contribution in [2.75, 3.05) is 20.7 Å². The van der Waals surface area contributed by atoms with E-state index in [1.54, 1.807) is 0 Å². The van der Waals surface area contributed by atoms with Gasteiger partial charge in [-0.25, -0.2) is 9.59 Å². The molecule has 0 aliphatic carbocycles. The Labute approximate surface area is 93.4 Å². The first-order chi connectivity index (χ1) is 7.38. The summed E-state index contributed by atoms with van der Waals surface area (Å²) in [4.78, 5) is 33.8. The molecule has 7 nitrogen and oxygen atoms in total. The Morgan fingerprint density at radius 2 is 2.00 bits per heavy atom. The Morgan fingerprint density at radius 3 is 2.44 bits per heavy atom. The highest BCUT2D eigenvalue weighted by Crippen LogP contribution is 1.92. The van der Waals surface area contributed by atoms with Crippen LogP contribution in [0.2, 0.25) is 0 Å². The molecule has 0 spiro atoms. The number of carboxylic acids is 1. The maximum absolute atomic E-state index is 11.4. The molecule has 0 aromatic heterocycles. The molecule has 0 aliphatic rings. The van der Waals surface area contributed by atoms with Crippen LogP contribution in [-0.2, 0) is 14.3 Å². The number of esters is 1. The van der Waals surface area contributed by atoms with E-state index in [0.717, 1.165) is 0 Å². The van der Waals surface area contributed by atoms with Crippen molar-refractivity contribution in [3.05, 3.63) is 0 Å². The number of rotatable bonds is 5. The molecule has 0 aliphatic heterocycles. The third kappa shape index (κ3) is 5.18. The number of ether oxygens (including phenoxy) is 1. The first-order valence-corrected chi connectivity index (χ1v) is 4.69. The normalized spacial score (nSPS) is 11.4. The van der Waals surface area contributed by atoms with Gasteiger partial charge in [-0.1, -0.05) is 0 Å². The molecule has 0 aromatic rings. The fraction of sp³-hybridized carbons (Fsp3) is 0.667. The number of aliphatic carboxylic acids is 1. The van der Waals surface area contributed by atoms with Crippen molar-refractivity contribution < 1.29 is 24.2 Å². The second-order valence-electron chi connectivity index (χ2n) is 3.26. The van der Waals surface area contributed by atoms with Crippen LogP contribution >= 0.6 is 0 Å². The first kappa shape index (κ1) is 14.2. The van der Waals surface area contributed by atoms with Crippen LogP contribution in [0.5, 0.6) is 0 Å². The van der Waals surface area contributed by atoms with E-state index in [1.807, 2.05) is 0 Å². The minimum Gasteiger partial charge on any atom is -0.481 e. The lowest BCUT2D eigenvalue weighted by atomic mass is 10.3. The maximum atomic E-state index is 11.4. The molecule has 0 saturated heterocycles. The molecule has 2 amide bonds. The largest absolute Gasteiger partial charge is 0.481 e. The molecular weight excluding hydrogens is 216 g/mol. The smallest absolute Gasteiger partial charge is 0.328 e. The van der Waals surface area contributed by atoms with Gasteiger partial charge in [0.15, 0.2) is 0 Å². The number of nitrogens with one attached hydrogen (secondary N) is 1. The van der Waals surface area contributed by atoms with Gasteiger partial charge < -0.3 is 20.1 Å². The summed E-state index contributed by atoms with van der Waals surface area (Å²) in [5.41, 5.74) is 0. The number of amides is 2. The van der Waals surface area contributed by atoms with Crippen molar-refractivity contribution in [3.63, 3.8) is 0 Å². The third-order valence-corrected chi connectivity index (χ3v) is 1.90. The quantitative estimate of drug-likeness (QED) is 0.632. The van der Waals surface area contributed by atoms with Crippen LogP contribution in [-0.4, -0.2) is 54.7 Å². The Balaban J connectivity index is 4.04. The van der Waals surface area contributed by atoms with Crippen molar-refractivity contribution in [2.24, 2.45) is 0 Å². The SMILES string of the molecule is COC(=O)C(C)NC(=O)N(C)CCC(=O)O. The van der Waals surface area contributed by atoms with Gasteiger partial charge in [-0.15, -0.1) is 0 Å². The van der Waals surface area contributed by atoms with Crippen LogP contribution in [0.4, 0.5) is 4.79 Å². The summed E-state index contributed by atoms with van der Waals surface area (Å²) >= 11 is 0. The standard InChI is InChI=1S/C9H16N2O5/c1-6(8(14)16-3)10-9(15)11(2)5-4-7(12)13/h6H,4-5H2,1-3H3,(H,10,15)(H,12,13). The van der Waals surface area contributed by atoms with Gasteiger partial charge in [-0.3, -0.25) is 4.79 Å². The average molecular weight is 232 g/mol. The van der Waals surface area contributed by atoms with E-state index < -0.39 is 24.0 Å². The summed E-state index contributed by atoms with van der Waals surface area (Å²) in [5, 5.41) is 10.8. The third-order valence-electron chi connectivity index (χ3n) is 1.90. The zero-order valence-corrected chi connectivity index (χ0v) is 9.52. The second kappa shape index (κ2) is 6.65. The van der Waals surface area contributed by atoms with Gasteiger partial charge in [0.05, 0.1) is 13.5 Å². The minimum atomic E-state index is -0.985. The van der Waals surface area contributed by atoms with Gasteiger partial charge in [-0.05, 0) is 6.92 Å². The molecule has 1 unspecified atom stereocenters. The number of carbonyl (C=O) groups excluding carboxylic acids is 2. The minimum absolute atomic E-state index is 0.0784. The highest BCUT2D eigenvalue weighted by Gasteiger charge is 2.18. The molecule has 7 heteroatoms. The molecule has 92 valence electrons. The van der Waals surface area contributed by atoms with Crippen molar-refractivity contribution in [1.29, 1.82) is 0 Å². The van der Waals surface area contributed by atoms with Gasteiger partial charge in [0.2, 0.25) is 0 Å². The number of carbonyl (C=O) groups is 3. The zero-order valence-electron chi connectivity index (χ0n) is 9.52. The highest BCUT2D eigenvalue weighted by atomic mass is 16.5. The lowest BCUT2D eigenvalue weighted by Crippen LogP contribution is -2.46. The van der Waals surface area contributed by atoms with Crippen molar-refractivity contribution in [3.8, 4) is 0 Å². The summed E-state index contributed by atoms with van der Waals surface area (Å²) < 4.78 is 4.42. The van der Waals surface area contributed by atoms with E-state index >= 15 is 0 Å². The molecule has 0 bridgehead atoms.